The fourth-order valence-electron chi connectivity index (χ4n) is 1.82. The third kappa shape index (κ3) is 3.80. The normalized spacial score (nSPS) is 11.8. The van der Waals surface area contributed by atoms with E-state index in [0.29, 0.717) is 19.5 Å². The van der Waals surface area contributed by atoms with E-state index >= 15 is 0 Å². The van der Waals surface area contributed by atoms with Gasteiger partial charge < -0.3 is 5.73 Å². The number of rotatable bonds is 5. The largest absolute Gasteiger partial charge is 0.433 e. The highest BCUT2D eigenvalue weighted by Gasteiger charge is 2.31. The number of alkyl halides is 3. The molecule has 0 spiro atoms. The summed E-state index contributed by atoms with van der Waals surface area (Å²) in [5, 5.41) is 4.14. The first-order valence-electron chi connectivity index (χ1n) is 6.22. The van der Waals surface area contributed by atoms with Gasteiger partial charge in [-0.05, 0) is 24.5 Å². The van der Waals surface area contributed by atoms with E-state index in [1.807, 2.05) is 6.20 Å². The molecule has 2 N–H and O–H groups in total. The summed E-state index contributed by atoms with van der Waals surface area (Å²) in [6, 6.07) is 2.47. The maximum absolute atomic E-state index is 12.3. The predicted molar refractivity (Wildman–Crippen MR) is 67.7 cm³/mol. The molecule has 0 radical (unpaired) electrons. The van der Waals surface area contributed by atoms with Crippen LogP contribution in [0.15, 0.2) is 30.7 Å². The molecular weight excluding hydrogens is 269 g/mol. The fraction of sp³-hybridized carbons (Fsp3) is 0.385. The molecule has 0 bridgehead atoms. The molecule has 0 aliphatic heterocycles. The topological polar surface area (TPSA) is 56.7 Å². The van der Waals surface area contributed by atoms with Gasteiger partial charge in [0.25, 0.3) is 0 Å². The number of hydrogen-bond acceptors (Lipinski definition) is 3. The van der Waals surface area contributed by atoms with Gasteiger partial charge in [0.15, 0.2) is 0 Å². The minimum Gasteiger partial charge on any atom is -0.326 e. The highest BCUT2D eigenvalue weighted by Crippen LogP contribution is 2.27. The van der Waals surface area contributed by atoms with E-state index in [1.165, 1.54) is 12.3 Å². The monoisotopic (exact) mass is 284 g/mol. The van der Waals surface area contributed by atoms with Gasteiger partial charge in [-0.15, -0.1) is 0 Å². The first kappa shape index (κ1) is 14.5. The average Bonchev–Trinajstić information content (AvgIpc) is 2.86. The second-order valence-corrected chi connectivity index (χ2v) is 4.47. The van der Waals surface area contributed by atoms with E-state index in [1.54, 1.807) is 10.9 Å². The molecule has 0 amide bonds. The van der Waals surface area contributed by atoms with Crippen LogP contribution in [0.3, 0.4) is 0 Å². The maximum atomic E-state index is 12.3. The Bertz CT molecular complexity index is 545. The van der Waals surface area contributed by atoms with Crippen molar-refractivity contribution in [1.29, 1.82) is 0 Å². The summed E-state index contributed by atoms with van der Waals surface area (Å²) in [5.41, 5.74) is 6.36. The van der Waals surface area contributed by atoms with Gasteiger partial charge in [-0.25, -0.2) is 0 Å². The van der Waals surface area contributed by atoms with Crippen LogP contribution in [0.5, 0.6) is 0 Å². The van der Waals surface area contributed by atoms with Crippen molar-refractivity contribution in [3.05, 3.63) is 47.5 Å². The number of pyridine rings is 1. The molecule has 4 nitrogen and oxygen atoms in total. The Morgan fingerprint density at radius 2 is 1.95 bits per heavy atom. The molecule has 2 rings (SSSR count). The second-order valence-electron chi connectivity index (χ2n) is 4.47. The average molecular weight is 284 g/mol. The third-order valence-corrected chi connectivity index (χ3v) is 2.89. The van der Waals surface area contributed by atoms with Crippen LogP contribution in [0.25, 0.3) is 0 Å². The number of nitrogens with two attached hydrogens (primary N) is 1. The van der Waals surface area contributed by atoms with Gasteiger partial charge >= 0.3 is 6.18 Å². The lowest BCUT2D eigenvalue weighted by Gasteiger charge is -2.06. The van der Waals surface area contributed by atoms with E-state index < -0.39 is 11.9 Å². The van der Waals surface area contributed by atoms with E-state index in [9.17, 15) is 13.2 Å². The smallest absolute Gasteiger partial charge is 0.326 e. The third-order valence-electron chi connectivity index (χ3n) is 2.89. The van der Waals surface area contributed by atoms with Crippen LogP contribution in [0, 0.1) is 0 Å². The van der Waals surface area contributed by atoms with E-state index in [-0.39, 0.29) is 0 Å². The van der Waals surface area contributed by atoms with Crippen LogP contribution in [0.2, 0.25) is 0 Å². The second kappa shape index (κ2) is 6.04. The van der Waals surface area contributed by atoms with Crippen molar-refractivity contribution in [3.63, 3.8) is 0 Å². The Kier molecular flexibility index (Phi) is 4.39. The lowest BCUT2D eigenvalue weighted by atomic mass is 10.1. The first-order chi connectivity index (χ1) is 9.49. The molecule has 20 heavy (non-hydrogen) atoms. The minimum atomic E-state index is -4.38. The van der Waals surface area contributed by atoms with E-state index in [4.69, 9.17) is 5.73 Å². The van der Waals surface area contributed by atoms with E-state index in [0.717, 1.165) is 23.6 Å². The van der Waals surface area contributed by atoms with Gasteiger partial charge in [0.2, 0.25) is 0 Å². The molecule has 0 saturated carbocycles. The van der Waals surface area contributed by atoms with Crippen LogP contribution in [-0.4, -0.2) is 14.8 Å². The highest BCUT2D eigenvalue weighted by molar-refractivity contribution is 5.16. The predicted octanol–water partition coefficient (Wildman–Crippen LogP) is 2.39. The van der Waals surface area contributed by atoms with Crippen molar-refractivity contribution in [2.24, 2.45) is 5.73 Å². The SMILES string of the molecule is NCc1cnn(CCCc2ccc(C(F)(F)F)nc2)c1. The van der Waals surface area contributed by atoms with Gasteiger partial charge in [-0.1, -0.05) is 6.07 Å². The molecule has 0 aliphatic rings. The van der Waals surface area contributed by atoms with Gasteiger partial charge in [0.1, 0.15) is 5.69 Å². The van der Waals surface area contributed by atoms with Crippen molar-refractivity contribution < 1.29 is 13.2 Å². The zero-order valence-corrected chi connectivity index (χ0v) is 10.8. The zero-order chi connectivity index (χ0) is 14.6. The minimum absolute atomic E-state index is 0.447. The van der Waals surface area contributed by atoms with Gasteiger partial charge in [-0.3, -0.25) is 9.67 Å². The molecule has 2 heterocycles. The number of aromatic nitrogens is 3. The lowest BCUT2D eigenvalue weighted by molar-refractivity contribution is -0.141. The number of aryl methyl sites for hydroxylation is 2. The van der Waals surface area contributed by atoms with Crippen LogP contribution < -0.4 is 5.73 Å². The quantitative estimate of drug-likeness (QED) is 0.917. The van der Waals surface area contributed by atoms with Crippen molar-refractivity contribution in [1.82, 2.24) is 14.8 Å². The summed E-state index contributed by atoms with van der Waals surface area (Å²) < 4.78 is 38.8. The lowest BCUT2D eigenvalue weighted by Crippen LogP contribution is -2.08. The van der Waals surface area contributed by atoms with Crippen molar-refractivity contribution in [3.8, 4) is 0 Å². The van der Waals surface area contributed by atoms with Crippen LogP contribution in [0.1, 0.15) is 23.2 Å². The number of hydrogen-bond donors (Lipinski definition) is 1. The molecular formula is C13H15F3N4. The van der Waals surface area contributed by atoms with Crippen molar-refractivity contribution in [2.75, 3.05) is 0 Å². The Balaban J connectivity index is 1.85. The maximum Gasteiger partial charge on any atom is 0.433 e. The summed E-state index contributed by atoms with van der Waals surface area (Å²) in [4.78, 5) is 3.43. The molecule has 0 aliphatic carbocycles. The standard InChI is InChI=1S/C13H15F3N4/c14-13(15,16)12-4-3-10(7-18-12)2-1-5-20-9-11(6-17)8-19-20/h3-4,7-9H,1-2,5-6,17H2. The summed E-state index contributed by atoms with van der Waals surface area (Å²) in [6.45, 7) is 1.14. The van der Waals surface area contributed by atoms with Crippen LogP contribution >= 0.6 is 0 Å². The van der Waals surface area contributed by atoms with Crippen LogP contribution in [0.4, 0.5) is 13.2 Å². The summed E-state index contributed by atoms with van der Waals surface area (Å²) in [7, 11) is 0. The fourth-order valence-corrected chi connectivity index (χ4v) is 1.82. The van der Waals surface area contributed by atoms with Gasteiger partial charge in [0.05, 0.1) is 6.20 Å². The summed E-state index contributed by atoms with van der Waals surface area (Å²) >= 11 is 0. The molecule has 2 aromatic rings. The molecule has 0 unspecified atom stereocenters. The number of nitrogens with zero attached hydrogens (tertiary/aromatic N) is 3. The van der Waals surface area contributed by atoms with Gasteiger partial charge in [-0.2, -0.15) is 18.3 Å². The molecule has 2 aromatic heterocycles. The Hall–Kier alpha value is -1.89. The molecule has 108 valence electrons. The highest BCUT2D eigenvalue weighted by atomic mass is 19.4. The van der Waals surface area contributed by atoms with Crippen LogP contribution in [-0.2, 0) is 25.7 Å². The number of halogens is 3. The Labute approximate surface area is 114 Å². The van der Waals surface area contributed by atoms with Crippen molar-refractivity contribution >= 4 is 0 Å². The molecule has 7 heteroatoms. The molecule has 0 fully saturated rings. The molecule has 0 saturated heterocycles. The van der Waals surface area contributed by atoms with E-state index in [2.05, 4.69) is 10.1 Å². The van der Waals surface area contributed by atoms with Crippen molar-refractivity contribution in [2.45, 2.75) is 32.1 Å². The Morgan fingerprint density at radius 3 is 2.50 bits per heavy atom. The van der Waals surface area contributed by atoms with Gasteiger partial charge in [0, 0.05) is 31.0 Å². The molecule has 0 atom stereocenters. The zero-order valence-electron chi connectivity index (χ0n) is 10.8. The first-order valence-corrected chi connectivity index (χ1v) is 6.22. The Morgan fingerprint density at radius 1 is 1.15 bits per heavy atom. The molecule has 0 aromatic carbocycles. The summed E-state index contributed by atoms with van der Waals surface area (Å²) in [6.07, 6.45) is 1.90. The summed E-state index contributed by atoms with van der Waals surface area (Å²) in [5.74, 6) is 0.